The molecule has 3 aromatic rings. The minimum Gasteiger partial charge on any atom is -0.325 e. The maximum absolute atomic E-state index is 12.4. The van der Waals surface area contributed by atoms with Gasteiger partial charge in [0, 0.05) is 5.69 Å². The van der Waals surface area contributed by atoms with Crippen molar-refractivity contribution in [1.29, 1.82) is 0 Å². The van der Waals surface area contributed by atoms with Crippen LogP contribution in [0.3, 0.4) is 0 Å². The van der Waals surface area contributed by atoms with Crippen LogP contribution in [0.5, 0.6) is 0 Å². The van der Waals surface area contributed by atoms with Gasteiger partial charge >= 0.3 is 0 Å². The minimum atomic E-state index is -0.0770. The largest absolute Gasteiger partial charge is 0.325 e. The third kappa shape index (κ3) is 4.98. The van der Waals surface area contributed by atoms with Crippen molar-refractivity contribution in [1.82, 2.24) is 20.2 Å². The first-order chi connectivity index (χ1) is 13.6. The third-order valence-corrected chi connectivity index (χ3v) is 5.44. The van der Waals surface area contributed by atoms with Crippen molar-refractivity contribution in [2.75, 3.05) is 11.1 Å². The van der Waals surface area contributed by atoms with Crippen molar-refractivity contribution in [3.63, 3.8) is 0 Å². The molecule has 0 saturated carbocycles. The SMILES string of the molecule is CCCCc1ccc(-n2nnnc2SCC(=O)Nc2c(C)cccc2C)cc1. The fraction of sp³-hybridized carbons (Fsp3) is 0.333. The smallest absolute Gasteiger partial charge is 0.234 e. The third-order valence-electron chi connectivity index (χ3n) is 4.52. The lowest BCUT2D eigenvalue weighted by molar-refractivity contribution is -0.113. The van der Waals surface area contributed by atoms with Crippen molar-refractivity contribution >= 4 is 23.4 Å². The van der Waals surface area contributed by atoms with Gasteiger partial charge in [0.2, 0.25) is 11.1 Å². The number of rotatable bonds is 8. The van der Waals surface area contributed by atoms with Gasteiger partial charge in [0.05, 0.1) is 11.4 Å². The van der Waals surface area contributed by atoms with Gasteiger partial charge in [0.15, 0.2) is 0 Å². The second kappa shape index (κ2) is 9.50. The molecule has 0 aliphatic rings. The van der Waals surface area contributed by atoms with Gasteiger partial charge in [0.25, 0.3) is 0 Å². The molecule has 0 aliphatic heterocycles. The van der Waals surface area contributed by atoms with E-state index < -0.39 is 0 Å². The highest BCUT2D eigenvalue weighted by Crippen LogP contribution is 2.22. The molecule has 7 heteroatoms. The summed E-state index contributed by atoms with van der Waals surface area (Å²) in [6.45, 7) is 6.16. The number of carbonyl (C=O) groups is 1. The summed E-state index contributed by atoms with van der Waals surface area (Å²) in [5.41, 5.74) is 5.16. The summed E-state index contributed by atoms with van der Waals surface area (Å²) >= 11 is 1.32. The highest BCUT2D eigenvalue weighted by Gasteiger charge is 2.13. The van der Waals surface area contributed by atoms with Crippen molar-refractivity contribution in [3.8, 4) is 5.69 Å². The van der Waals surface area contributed by atoms with Crippen molar-refractivity contribution in [3.05, 3.63) is 59.2 Å². The van der Waals surface area contributed by atoms with E-state index in [1.165, 1.54) is 30.2 Å². The summed E-state index contributed by atoms with van der Waals surface area (Å²) < 4.78 is 1.67. The Bertz CT molecular complexity index is 916. The van der Waals surface area contributed by atoms with Crippen LogP contribution in [-0.4, -0.2) is 31.9 Å². The summed E-state index contributed by atoms with van der Waals surface area (Å²) in [4.78, 5) is 12.4. The molecule has 2 aromatic carbocycles. The summed E-state index contributed by atoms with van der Waals surface area (Å²) in [5, 5.41) is 15.5. The maximum Gasteiger partial charge on any atom is 0.234 e. The zero-order valence-corrected chi connectivity index (χ0v) is 17.3. The first-order valence-corrected chi connectivity index (χ1v) is 10.4. The number of thioether (sulfide) groups is 1. The summed E-state index contributed by atoms with van der Waals surface area (Å²) in [6, 6.07) is 14.2. The molecule has 6 nitrogen and oxygen atoms in total. The Balaban J connectivity index is 1.63. The van der Waals surface area contributed by atoms with Crippen LogP contribution in [0.25, 0.3) is 5.69 Å². The van der Waals surface area contributed by atoms with E-state index >= 15 is 0 Å². The summed E-state index contributed by atoms with van der Waals surface area (Å²) in [5.74, 6) is 0.162. The maximum atomic E-state index is 12.4. The standard InChI is InChI=1S/C21H25N5OS/c1-4-5-9-17-10-12-18(13-11-17)26-21(23-24-25-26)28-14-19(27)22-20-15(2)7-6-8-16(20)3/h6-8,10-13H,4-5,9,14H2,1-3H3,(H,22,27). The molecule has 0 spiro atoms. The number of anilines is 1. The second-order valence-electron chi connectivity index (χ2n) is 6.75. The Labute approximate surface area is 169 Å². The van der Waals surface area contributed by atoms with E-state index in [1.54, 1.807) is 4.68 Å². The number of tetrazole rings is 1. The molecular formula is C21H25N5OS. The van der Waals surface area contributed by atoms with E-state index in [0.717, 1.165) is 28.9 Å². The minimum absolute atomic E-state index is 0.0770. The topological polar surface area (TPSA) is 72.7 Å². The van der Waals surface area contributed by atoms with Crippen LogP contribution >= 0.6 is 11.8 Å². The molecule has 0 unspecified atom stereocenters. The van der Waals surface area contributed by atoms with Crippen LogP contribution in [-0.2, 0) is 11.2 Å². The number of unbranched alkanes of at least 4 members (excludes halogenated alkanes) is 1. The van der Waals surface area contributed by atoms with Crippen LogP contribution in [0.15, 0.2) is 47.6 Å². The van der Waals surface area contributed by atoms with Crippen LogP contribution in [0, 0.1) is 13.8 Å². The average molecular weight is 396 g/mol. The lowest BCUT2D eigenvalue weighted by Crippen LogP contribution is -2.16. The Kier molecular flexibility index (Phi) is 6.81. The monoisotopic (exact) mass is 395 g/mol. The van der Waals surface area contributed by atoms with Crippen LogP contribution < -0.4 is 5.32 Å². The van der Waals surface area contributed by atoms with Gasteiger partial charge in [-0.15, -0.1) is 5.10 Å². The zero-order chi connectivity index (χ0) is 19.9. The number of aromatic nitrogens is 4. The molecule has 28 heavy (non-hydrogen) atoms. The quantitative estimate of drug-likeness (QED) is 0.574. The molecule has 3 rings (SSSR count). The van der Waals surface area contributed by atoms with E-state index in [4.69, 9.17) is 0 Å². The second-order valence-corrected chi connectivity index (χ2v) is 7.69. The molecule has 0 saturated heterocycles. The highest BCUT2D eigenvalue weighted by molar-refractivity contribution is 7.99. The molecule has 1 amide bonds. The molecule has 0 aliphatic carbocycles. The van der Waals surface area contributed by atoms with Crippen molar-refractivity contribution in [2.45, 2.75) is 45.2 Å². The van der Waals surface area contributed by atoms with E-state index in [1.807, 2.05) is 44.2 Å². The number of carbonyl (C=O) groups excluding carboxylic acids is 1. The Morgan fingerprint density at radius 1 is 1.11 bits per heavy atom. The summed E-state index contributed by atoms with van der Waals surface area (Å²) in [7, 11) is 0. The molecule has 146 valence electrons. The van der Waals surface area contributed by atoms with Gasteiger partial charge in [-0.3, -0.25) is 4.79 Å². The predicted octanol–water partition coefficient (Wildman–Crippen LogP) is 4.35. The molecule has 1 heterocycles. The normalized spacial score (nSPS) is 10.8. The number of nitrogens with zero attached hydrogens (tertiary/aromatic N) is 4. The zero-order valence-electron chi connectivity index (χ0n) is 16.5. The van der Waals surface area contributed by atoms with Gasteiger partial charge in [-0.05, 0) is 65.9 Å². The Morgan fingerprint density at radius 3 is 2.50 bits per heavy atom. The molecule has 1 N–H and O–H groups in total. The fourth-order valence-corrected chi connectivity index (χ4v) is 3.62. The number of aryl methyl sites for hydroxylation is 3. The number of hydrogen-bond acceptors (Lipinski definition) is 5. The first kappa shape index (κ1) is 20.1. The molecule has 1 aromatic heterocycles. The molecule has 0 fully saturated rings. The van der Waals surface area contributed by atoms with Gasteiger partial charge < -0.3 is 5.32 Å². The number of amides is 1. The molecule has 0 atom stereocenters. The number of para-hydroxylation sites is 1. The van der Waals surface area contributed by atoms with Gasteiger partial charge in [0.1, 0.15) is 0 Å². The van der Waals surface area contributed by atoms with Crippen LogP contribution in [0.4, 0.5) is 5.69 Å². The number of nitrogens with one attached hydrogen (secondary N) is 1. The van der Waals surface area contributed by atoms with Crippen molar-refractivity contribution in [2.24, 2.45) is 0 Å². The van der Waals surface area contributed by atoms with Gasteiger partial charge in [-0.1, -0.05) is 55.4 Å². The molecular weight excluding hydrogens is 370 g/mol. The van der Waals surface area contributed by atoms with Gasteiger partial charge in [-0.25, -0.2) is 0 Å². The van der Waals surface area contributed by atoms with Gasteiger partial charge in [-0.2, -0.15) is 4.68 Å². The van der Waals surface area contributed by atoms with E-state index in [0.29, 0.717) is 5.16 Å². The molecule has 0 radical (unpaired) electrons. The van der Waals surface area contributed by atoms with E-state index in [9.17, 15) is 4.79 Å². The molecule has 0 bridgehead atoms. The lowest BCUT2D eigenvalue weighted by Gasteiger charge is -2.11. The van der Waals surface area contributed by atoms with Crippen LogP contribution in [0.2, 0.25) is 0 Å². The first-order valence-electron chi connectivity index (χ1n) is 9.45. The van der Waals surface area contributed by atoms with Crippen molar-refractivity contribution < 1.29 is 4.79 Å². The predicted molar refractivity (Wildman–Crippen MR) is 113 cm³/mol. The highest BCUT2D eigenvalue weighted by atomic mass is 32.2. The van der Waals surface area contributed by atoms with Crippen LogP contribution in [0.1, 0.15) is 36.5 Å². The fourth-order valence-electron chi connectivity index (χ4n) is 2.93. The summed E-state index contributed by atoms with van der Waals surface area (Å²) in [6.07, 6.45) is 3.44. The number of benzene rings is 2. The Morgan fingerprint density at radius 2 is 1.82 bits per heavy atom. The van der Waals surface area contributed by atoms with E-state index in [2.05, 4.69) is 39.9 Å². The average Bonchev–Trinajstić information content (AvgIpc) is 3.17. The lowest BCUT2D eigenvalue weighted by atomic mass is 10.1. The Hall–Kier alpha value is -2.67. The van der Waals surface area contributed by atoms with E-state index in [-0.39, 0.29) is 11.7 Å². The number of hydrogen-bond donors (Lipinski definition) is 1.